The van der Waals surface area contributed by atoms with Crippen molar-refractivity contribution in [3.8, 4) is 0 Å². The average Bonchev–Trinajstić information content (AvgIpc) is 2.39. The summed E-state index contributed by atoms with van der Waals surface area (Å²) in [6.45, 7) is 5.82. The number of rotatable bonds is 3. The van der Waals surface area contributed by atoms with E-state index in [-0.39, 0.29) is 6.03 Å². The summed E-state index contributed by atoms with van der Waals surface area (Å²) in [7, 11) is 0. The lowest BCUT2D eigenvalue weighted by Gasteiger charge is -2.33. The first-order chi connectivity index (χ1) is 9.06. The largest absolute Gasteiger partial charge is 0.351 e. The van der Waals surface area contributed by atoms with E-state index in [1.165, 1.54) is 11.1 Å². The molecule has 0 aromatic heterocycles. The minimum Gasteiger partial charge on any atom is -0.351 e. The Morgan fingerprint density at radius 3 is 2.68 bits per heavy atom. The van der Waals surface area contributed by atoms with Crippen LogP contribution >= 0.6 is 0 Å². The minimum absolute atomic E-state index is 0.301. The Kier molecular flexibility index (Phi) is 4.43. The van der Waals surface area contributed by atoms with Crippen LogP contribution < -0.4 is 11.1 Å². The summed E-state index contributed by atoms with van der Waals surface area (Å²) in [4.78, 5) is 12.8. The topological polar surface area (TPSA) is 58.4 Å². The Labute approximate surface area is 115 Å². The van der Waals surface area contributed by atoms with Crippen molar-refractivity contribution in [2.45, 2.75) is 38.8 Å². The molecule has 1 aliphatic rings. The molecule has 0 bridgehead atoms. The fourth-order valence-corrected chi connectivity index (χ4v) is 2.66. The number of hydrogen-bond acceptors (Lipinski definition) is 2. The van der Waals surface area contributed by atoms with Crippen LogP contribution in [0.2, 0.25) is 0 Å². The summed E-state index contributed by atoms with van der Waals surface area (Å²) < 4.78 is 0. The quantitative estimate of drug-likeness (QED) is 0.876. The van der Waals surface area contributed by atoms with Crippen LogP contribution in [0.5, 0.6) is 0 Å². The van der Waals surface area contributed by atoms with Gasteiger partial charge in [0.1, 0.15) is 0 Å². The summed E-state index contributed by atoms with van der Waals surface area (Å²) in [5, 5.41) is 3.64. The van der Waals surface area contributed by atoms with Gasteiger partial charge in [0, 0.05) is 25.2 Å². The number of primary amides is 1. The highest BCUT2D eigenvalue weighted by Crippen LogP contribution is 2.18. The molecule has 0 radical (unpaired) electrons. The lowest BCUT2D eigenvalue weighted by molar-refractivity contribution is 0.183. The van der Waals surface area contributed by atoms with Gasteiger partial charge in [0.2, 0.25) is 0 Å². The van der Waals surface area contributed by atoms with Gasteiger partial charge in [-0.1, -0.05) is 29.8 Å². The van der Waals surface area contributed by atoms with Crippen molar-refractivity contribution in [3.05, 3.63) is 35.4 Å². The maximum Gasteiger partial charge on any atom is 0.314 e. The van der Waals surface area contributed by atoms with E-state index in [0.29, 0.717) is 12.1 Å². The first kappa shape index (κ1) is 13.9. The van der Waals surface area contributed by atoms with Gasteiger partial charge in [-0.05, 0) is 32.3 Å². The average molecular weight is 261 g/mol. The molecule has 2 amide bonds. The lowest BCUT2D eigenvalue weighted by Crippen LogP contribution is -2.47. The maximum atomic E-state index is 11.1. The summed E-state index contributed by atoms with van der Waals surface area (Å²) in [5.74, 6) is 0. The fourth-order valence-electron chi connectivity index (χ4n) is 2.66. The Bertz CT molecular complexity index is 439. The van der Waals surface area contributed by atoms with E-state index in [9.17, 15) is 4.79 Å². The monoisotopic (exact) mass is 261 g/mol. The molecule has 4 heteroatoms. The fraction of sp³-hybridized carbons (Fsp3) is 0.533. The minimum atomic E-state index is -0.301. The zero-order valence-corrected chi connectivity index (χ0v) is 11.7. The van der Waals surface area contributed by atoms with E-state index in [1.54, 1.807) is 4.90 Å². The van der Waals surface area contributed by atoms with Crippen LogP contribution in [0.3, 0.4) is 0 Å². The molecule has 1 aromatic carbocycles. The van der Waals surface area contributed by atoms with Gasteiger partial charge in [0.25, 0.3) is 0 Å². The van der Waals surface area contributed by atoms with E-state index >= 15 is 0 Å². The van der Waals surface area contributed by atoms with Gasteiger partial charge in [-0.3, -0.25) is 0 Å². The molecule has 1 saturated heterocycles. The normalized spacial score (nSPS) is 18.3. The smallest absolute Gasteiger partial charge is 0.314 e. The van der Waals surface area contributed by atoms with Crippen LogP contribution in [-0.4, -0.2) is 30.1 Å². The van der Waals surface area contributed by atoms with Gasteiger partial charge in [0.05, 0.1) is 0 Å². The second kappa shape index (κ2) is 6.06. The zero-order chi connectivity index (χ0) is 13.8. The molecule has 2 rings (SSSR count). The summed E-state index contributed by atoms with van der Waals surface area (Å²) in [5.41, 5.74) is 7.89. The summed E-state index contributed by atoms with van der Waals surface area (Å²) in [6.07, 6.45) is 1.94. The molecule has 3 N–H and O–H groups in total. The molecule has 1 atom stereocenters. The zero-order valence-electron chi connectivity index (χ0n) is 11.7. The van der Waals surface area contributed by atoms with E-state index < -0.39 is 0 Å². The lowest BCUT2D eigenvalue weighted by atomic mass is 10.0. The molecular weight excluding hydrogens is 238 g/mol. The number of amides is 2. The first-order valence-electron chi connectivity index (χ1n) is 6.93. The van der Waals surface area contributed by atoms with Gasteiger partial charge in [-0.2, -0.15) is 0 Å². The third-order valence-electron chi connectivity index (χ3n) is 3.83. The van der Waals surface area contributed by atoms with Crippen LogP contribution in [-0.2, 0) is 0 Å². The molecule has 1 unspecified atom stereocenters. The molecule has 0 spiro atoms. The number of benzene rings is 1. The van der Waals surface area contributed by atoms with E-state index in [4.69, 9.17) is 5.73 Å². The maximum absolute atomic E-state index is 11.1. The van der Waals surface area contributed by atoms with Crippen molar-refractivity contribution in [1.82, 2.24) is 10.2 Å². The van der Waals surface area contributed by atoms with Crippen LogP contribution in [0.4, 0.5) is 4.79 Å². The molecular formula is C15H23N3O. The predicted molar refractivity (Wildman–Crippen MR) is 76.9 cm³/mol. The molecule has 1 heterocycles. The van der Waals surface area contributed by atoms with Gasteiger partial charge < -0.3 is 16.0 Å². The molecule has 1 fully saturated rings. The molecule has 19 heavy (non-hydrogen) atoms. The Balaban J connectivity index is 1.87. The molecule has 0 aliphatic carbocycles. The predicted octanol–water partition coefficient (Wildman–Crippen LogP) is 2.19. The number of piperidine rings is 1. The number of hydrogen-bond donors (Lipinski definition) is 2. The Morgan fingerprint density at radius 2 is 2.11 bits per heavy atom. The van der Waals surface area contributed by atoms with Crippen molar-refractivity contribution >= 4 is 6.03 Å². The molecule has 4 nitrogen and oxygen atoms in total. The first-order valence-corrected chi connectivity index (χ1v) is 6.93. The summed E-state index contributed by atoms with van der Waals surface area (Å²) in [6, 6.07) is 9.08. The van der Waals surface area contributed by atoms with Crippen LogP contribution in [0.25, 0.3) is 0 Å². The van der Waals surface area contributed by atoms with Crippen LogP contribution in [0, 0.1) is 6.92 Å². The number of likely N-dealkylation sites (tertiary alicyclic amines) is 1. The highest BCUT2D eigenvalue weighted by Gasteiger charge is 2.22. The highest BCUT2D eigenvalue weighted by atomic mass is 16.2. The second-order valence-electron chi connectivity index (χ2n) is 5.40. The number of nitrogens with two attached hydrogens (primary N) is 1. The number of carbonyl (C=O) groups excluding carboxylic acids is 1. The second-order valence-corrected chi connectivity index (χ2v) is 5.40. The van der Waals surface area contributed by atoms with Crippen molar-refractivity contribution in [1.29, 1.82) is 0 Å². The Hall–Kier alpha value is -1.55. The van der Waals surface area contributed by atoms with Crippen molar-refractivity contribution in [2.75, 3.05) is 13.1 Å². The van der Waals surface area contributed by atoms with Crippen LogP contribution in [0.15, 0.2) is 24.3 Å². The number of urea groups is 1. The van der Waals surface area contributed by atoms with E-state index in [2.05, 4.69) is 43.4 Å². The standard InChI is InChI=1S/C15H23N3O/c1-11-4-3-5-13(10-11)12(2)17-14-6-8-18(9-7-14)15(16)19/h3-5,10,12,14,17H,6-9H2,1-2H3,(H2,16,19). The van der Waals surface area contributed by atoms with Gasteiger partial charge in [-0.15, -0.1) is 0 Å². The van der Waals surface area contributed by atoms with E-state index in [1.807, 2.05) is 0 Å². The third kappa shape index (κ3) is 3.70. The molecule has 104 valence electrons. The van der Waals surface area contributed by atoms with Crippen LogP contribution in [0.1, 0.15) is 36.9 Å². The Morgan fingerprint density at radius 1 is 1.42 bits per heavy atom. The van der Waals surface area contributed by atoms with Gasteiger partial charge in [-0.25, -0.2) is 4.79 Å². The number of nitrogens with zero attached hydrogens (tertiary/aromatic N) is 1. The third-order valence-corrected chi connectivity index (χ3v) is 3.83. The van der Waals surface area contributed by atoms with Gasteiger partial charge >= 0.3 is 6.03 Å². The van der Waals surface area contributed by atoms with E-state index in [0.717, 1.165) is 25.9 Å². The number of carbonyl (C=O) groups is 1. The van der Waals surface area contributed by atoms with Gasteiger partial charge in [0.15, 0.2) is 0 Å². The SMILES string of the molecule is Cc1cccc(C(C)NC2CCN(C(N)=O)CC2)c1. The summed E-state index contributed by atoms with van der Waals surface area (Å²) >= 11 is 0. The van der Waals surface area contributed by atoms with Crippen molar-refractivity contribution in [2.24, 2.45) is 5.73 Å². The molecule has 1 aromatic rings. The molecule has 0 saturated carbocycles. The number of aryl methyl sites for hydroxylation is 1. The van der Waals surface area contributed by atoms with Crippen molar-refractivity contribution in [3.63, 3.8) is 0 Å². The highest BCUT2D eigenvalue weighted by molar-refractivity contribution is 5.72. The number of nitrogens with one attached hydrogen (secondary N) is 1. The molecule has 1 aliphatic heterocycles. The van der Waals surface area contributed by atoms with Crippen molar-refractivity contribution < 1.29 is 4.79 Å².